The third-order valence-electron chi connectivity index (χ3n) is 2.55. The first kappa shape index (κ1) is 13.0. The summed E-state index contributed by atoms with van der Waals surface area (Å²) >= 11 is 0. The molecule has 0 aliphatic heterocycles. The van der Waals surface area contributed by atoms with Gasteiger partial charge in [-0.05, 0) is 26.8 Å². The number of aromatic nitrogens is 1. The fourth-order valence-corrected chi connectivity index (χ4v) is 2.22. The molecule has 0 N–H and O–H groups in total. The Morgan fingerprint density at radius 2 is 2.00 bits per heavy atom. The molecule has 0 aliphatic carbocycles. The summed E-state index contributed by atoms with van der Waals surface area (Å²) in [4.78, 5) is 11.6. The average Bonchev–Trinajstić information content (AvgIpc) is 2.20. The van der Waals surface area contributed by atoms with Crippen LogP contribution in [0.1, 0.15) is 19.4 Å². The van der Waals surface area contributed by atoms with Crippen molar-refractivity contribution in [3.05, 3.63) is 34.2 Å². The SMILES string of the molecule is Cc1cccn(CCS(=O)(=O)C(C)C)c1=O. The number of nitrogens with zero attached hydrogens (tertiary/aromatic N) is 1. The van der Waals surface area contributed by atoms with Gasteiger partial charge in [0.15, 0.2) is 9.84 Å². The van der Waals surface area contributed by atoms with Gasteiger partial charge >= 0.3 is 0 Å². The predicted molar refractivity (Wildman–Crippen MR) is 64.4 cm³/mol. The second-order valence-corrected chi connectivity index (χ2v) is 6.78. The van der Waals surface area contributed by atoms with E-state index in [-0.39, 0.29) is 17.9 Å². The zero-order valence-electron chi connectivity index (χ0n) is 9.80. The lowest BCUT2D eigenvalue weighted by atomic mass is 10.3. The Bertz CT molecular complexity index is 514. The second kappa shape index (κ2) is 4.82. The maximum atomic E-state index is 11.6. The normalized spacial score (nSPS) is 12.0. The van der Waals surface area contributed by atoms with Crippen LogP contribution in [0.5, 0.6) is 0 Å². The van der Waals surface area contributed by atoms with Crippen molar-refractivity contribution in [1.29, 1.82) is 0 Å². The van der Waals surface area contributed by atoms with Gasteiger partial charge in [0.1, 0.15) is 0 Å². The van der Waals surface area contributed by atoms with Crippen molar-refractivity contribution in [2.75, 3.05) is 5.75 Å². The van der Waals surface area contributed by atoms with Crippen LogP contribution in [0.15, 0.2) is 23.1 Å². The van der Waals surface area contributed by atoms with Gasteiger partial charge in [0.05, 0.1) is 11.0 Å². The van der Waals surface area contributed by atoms with E-state index in [2.05, 4.69) is 0 Å². The van der Waals surface area contributed by atoms with Gasteiger partial charge in [0, 0.05) is 18.3 Å². The molecule has 16 heavy (non-hydrogen) atoms. The molecule has 1 aromatic rings. The molecule has 0 amide bonds. The number of rotatable bonds is 4. The molecule has 1 aromatic heterocycles. The van der Waals surface area contributed by atoms with E-state index in [1.54, 1.807) is 39.1 Å². The molecule has 0 saturated heterocycles. The lowest BCUT2D eigenvalue weighted by molar-refractivity contribution is 0.578. The summed E-state index contributed by atoms with van der Waals surface area (Å²) in [5.74, 6) is 0.00796. The highest BCUT2D eigenvalue weighted by Gasteiger charge is 2.15. The van der Waals surface area contributed by atoms with Gasteiger partial charge in [-0.3, -0.25) is 4.79 Å². The Hall–Kier alpha value is -1.10. The first-order valence-electron chi connectivity index (χ1n) is 5.22. The Labute approximate surface area is 95.8 Å². The number of sulfone groups is 1. The van der Waals surface area contributed by atoms with Crippen LogP contribution in [0.4, 0.5) is 0 Å². The maximum Gasteiger partial charge on any atom is 0.253 e. The van der Waals surface area contributed by atoms with E-state index in [0.717, 1.165) is 0 Å². The molecule has 0 fully saturated rings. The summed E-state index contributed by atoms with van der Waals surface area (Å²) in [5.41, 5.74) is 0.505. The van der Waals surface area contributed by atoms with E-state index in [1.165, 1.54) is 4.57 Å². The minimum atomic E-state index is -3.09. The first-order chi connectivity index (χ1) is 7.34. The molecule has 90 valence electrons. The van der Waals surface area contributed by atoms with E-state index in [4.69, 9.17) is 0 Å². The third kappa shape index (κ3) is 2.95. The molecular formula is C11H17NO3S. The highest BCUT2D eigenvalue weighted by molar-refractivity contribution is 7.91. The van der Waals surface area contributed by atoms with Gasteiger partial charge in [-0.1, -0.05) is 6.07 Å². The Kier molecular flexibility index (Phi) is 3.91. The van der Waals surface area contributed by atoms with Gasteiger partial charge in [-0.2, -0.15) is 0 Å². The fourth-order valence-electron chi connectivity index (χ4n) is 1.29. The standard InChI is InChI=1S/C11H17NO3S/c1-9(2)16(14,15)8-7-12-6-4-5-10(3)11(12)13/h4-6,9H,7-8H2,1-3H3. The molecular weight excluding hydrogens is 226 g/mol. The molecule has 0 aromatic carbocycles. The van der Waals surface area contributed by atoms with E-state index in [1.807, 2.05) is 0 Å². The van der Waals surface area contributed by atoms with E-state index < -0.39 is 15.1 Å². The molecule has 0 spiro atoms. The fraction of sp³-hybridized carbons (Fsp3) is 0.545. The molecule has 0 bridgehead atoms. The van der Waals surface area contributed by atoms with E-state index >= 15 is 0 Å². The second-order valence-electron chi connectivity index (χ2n) is 4.11. The summed E-state index contributed by atoms with van der Waals surface area (Å²) < 4.78 is 24.6. The van der Waals surface area contributed by atoms with Crippen LogP contribution >= 0.6 is 0 Å². The topological polar surface area (TPSA) is 56.1 Å². The molecule has 0 saturated carbocycles. The number of hydrogen-bond donors (Lipinski definition) is 0. The van der Waals surface area contributed by atoms with Crippen molar-refractivity contribution >= 4 is 9.84 Å². The van der Waals surface area contributed by atoms with Crippen molar-refractivity contribution in [1.82, 2.24) is 4.57 Å². The summed E-state index contributed by atoms with van der Waals surface area (Å²) in [6.07, 6.45) is 1.62. The minimum Gasteiger partial charge on any atom is -0.314 e. The molecule has 0 atom stereocenters. The van der Waals surface area contributed by atoms with Crippen LogP contribution in [0.2, 0.25) is 0 Å². The van der Waals surface area contributed by atoms with E-state index in [0.29, 0.717) is 5.56 Å². The summed E-state index contributed by atoms with van der Waals surface area (Å²) in [6.45, 7) is 5.24. The smallest absolute Gasteiger partial charge is 0.253 e. The van der Waals surface area contributed by atoms with Crippen LogP contribution in [-0.2, 0) is 16.4 Å². The quantitative estimate of drug-likeness (QED) is 0.792. The van der Waals surface area contributed by atoms with Crippen molar-refractivity contribution in [2.45, 2.75) is 32.6 Å². The lowest BCUT2D eigenvalue weighted by Crippen LogP contribution is -2.27. The van der Waals surface area contributed by atoms with Crippen LogP contribution in [0.3, 0.4) is 0 Å². The zero-order valence-corrected chi connectivity index (χ0v) is 10.6. The number of hydrogen-bond acceptors (Lipinski definition) is 3. The van der Waals surface area contributed by atoms with Gasteiger partial charge in [0.25, 0.3) is 5.56 Å². The average molecular weight is 243 g/mol. The molecule has 5 heteroatoms. The van der Waals surface area contributed by atoms with Crippen molar-refractivity contribution in [3.63, 3.8) is 0 Å². The minimum absolute atomic E-state index is 0.00796. The van der Waals surface area contributed by atoms with Crippen LogP contribution < -0.4 is 5.56 Å². The van der Waals surface area contributed by atoms with Gasteiger partial charge in [-0.25, -0.2) is 8.42 Å². The molecule has 0 unspecified atom stereocenters. The Morgan fingerprint density at radius 3 is 2.56 bits per heavy atom. The van der Waals surface area contributed by atoms with Crippen molar-refractivity contribution < 1.29 is 8.42 Å². The molecule has 4 nitrogen and oxygen atoms in total. The third-order valence-corrected chi connectivity index (χ3v) is 4.73. The summed E-state index contributed by atoms with van der Waals surface area (Å²) in [6, 6.07) is 3.47. The molecule has 0 aliphatic rings. The largest absolute Gasteiger partial charge is 0.314 e. The monoisotopic (exact) mass is 243 g/mol. The molecule has 1 heterocycles. The lowest BCUT2D eigenvalue weighted by Gasteiger charge is -2.09. The highest BCUT2D eigenvalue weighted by Crippen LogP contribution is 2.01. The number of aryl methyl sites for hydroxylation is 2. The van der Waals surface area contributed by atoms with E-state index in [9.17, 15) is 13.2 Å². The number of pyridine rings is 1. The van der Waals surface area contributed by atoms with Gasteiger partial charge < -0.3 is 4.57 Å². The van der Waals surface area contributed by atoms with Gasteiger partial charge in [-0.15, -0.1) is 0 Å². The zero-order chi connectivity index (χ0) is 12.3. The molecule has 1 rings (SSSR count). The van der Waals surface area contributed by atoms with Crippen LogP contribution in [-0.4, -0.2) is 24.0 Å². The summed E-state index contributed by atoms with van der Waals surface area (Å²) in [7, 11) is -3.09. The van der Waals surface area contributed by atoms with Crippen LogP contribution in [0, 0.1) is 6.92 Å². The van der Waals surface area contributed by atoms with Gasteiger partial charge in [0.2, 0.25) is 0 Å². The Morgan fingerprint density at radius 1 is 1.38 bits per heavy atom. The predicted octanol–water partition coefficient (Wildman–Crippen LogP) is 0.980. The summed E-state index contributed by atoms with van der Waals surface area (Å²) in [5, 5.41) is -0.395. The Balaban J connectivity index is 2.85. The van der Waals surface area contributed by atoms with Crippen molar-refractivity contribution in [2.24, 2.45) is 0 Å². The maximum absolute atomic E-state index is 11.6. The van der Waals surface area contributed by atoms with Crippen molar-refractivity contribution in [3.8, 4) is 0 Å². The first-order valence-corrected chi connectivity index (χ1v) is 6.94. The highest BCUT2D eigenvalue weighted by atomic mass is 32.2. The van der Waals surface area contributed by atoms with Crippen LogP contribution in [0.25, 0.3) is 0 Å². The molecule has 0 radical (unpaired) electrons.